The molecular formula is C21H20N4OS. The van der Waals surface area contributed by atoms with Gasteiger partial charge in [0.1, 0.15) is 11.0 Å². The number of fused-ring (bicyclic) bond motifs is 1. The summed E-state index contributed by atoms with van der Waals surface area (Å²) < 4.78 is 0. The smallest absolute Gasteiger partial charge is 0.265 e. The molecule has 136 valence electrons. The number of aromatic nitrogens is 3. The molecule has 0 bridgehead atoms. The van der Waals surface area contributed by atoms with Crippen LogP contribution in [0.4, 0.5) is 5.69 Å². The summed E-state index contributed by atoms with van der Waals surface area (Å²) >= 11 is 1.42. The summed E-state index contributed by atoms with van der Waals surface area (Å²) in [6.45, 7) is 6.30. The van der Waals surface area contributed by atoms with Crippen LogP contribution in [0.2, 0.25) is 0 Å². The van der Waals surface area contributed by atoms with Crippen molar-refractivity contribution in [1.29, 1.82) is 0 Å². The first kappa shape index (κ1) is 17.4. The first-order valence-corrected chi connectivity index (χ1v) is 9.72. The molecule has 27 heavy (non-hydrogen) atoms. The average molecular weight is 376 g/mol. The summed E-state index contributed by atoms with van der Waals surface area (Å²) in [5.41, 5.74) is 5.45. The maximum Gasteiger partial charge on any atom is 0.265 e. The number of thiophene rings is 1. The van der Waals surface area contributed by atoms with Crippen LogP contribution in [0.5, 0.6) is 0 Å². The lowest BCUT2D eigenvalue weighted by atomic mass is 10.0. The van der Waals surface area contributed by atoms with Gasteiger partial charge in [0.05, 0.1) is 10.6 Å². The summed E-state index contributed by atoms with van der Waals surface area (Å²) in [6, 6.07) is 15.8. The SMILES string of the molecule is Cc1cc2nn(-c3ccc(C(C)C)cc3)nc2cc1NC(=O)c1cccs1. The highest BCUT2D eigenvalue weighted by molar-refractivity contribution is 7.12. The Balaban J connectivity index is 1.65. The minimum atomic E-state index is -0.107. The number of nitrogens with one attached hydrogen (secondary N) is 1. The summed E-state index contributed by atoms with van der Waals surface area (Å²) in [4.78, 5) is 14.7. The summed E-state index contributed by atoms with van der Waals surface area (Å²) in [5, 5.41) is 14.0. The number of benzene rings is 2. The fourth-order valence-corrected chi connectivity index (χ4v) is 3.52. The van der Waals surface area contributed by atoms with E-state index in [1.54, 1.807) is 4.80 Å². The average Bonchev–Trinajstić information content (AvgIpc) is 3.31. The fraction of sp³-hybridized carbons (Fsp3) is 0.190. The van der Waals surface area contributed by atoms with Crippen LogP contribution in [-0.4, -0.2) is 20.9 Å². The van der Waals surface area contributed by atoms with Crippen molar-refractivity contribution in [3.8, 4) is 5.69 Å². The molecule has 0 atom stereocenters. The van der Waals surface area contributed by atoms with Gasteiger partial charge in [-0.1, -0.05) is 32.0 Å². The van der Waals surface area contributed by atoms with Gasteiger partial charge in [0.2, 0.25) is 0 Å². The van der Waals surface area contributed by atoms with E-state index < -0.39 is 0 Å². The minimum Gasteiger partial charge on any atom is -0.321 e. The van der Waals surface area contributed by atoms with Gasteiger partial charge in [0.15, 0.2) is 0 Å². The number of hydrogen-bond donors (Lipinski definition) is 1. The minimum absolute atomic E-state index is 0.107. The van der Waals surface area contributed by atoms with Crippen LogP contribution in [-0.2, 0) is 0 Å². The highest BCUT2D eigenvalue weighted by Gasteiger charge is 2.12. The van der Waals surface area contributed by atoms with Crippen molar-refractivity contribution in [3.63, 3.8) is 0 Å². The number of aryl methyl sites for hydroxylation is 1. The van der Waals surface area contributed by atoms with Crippen LogP contribution in [0.3, 0.4) is 0 Å². The predicted molar refractivity (Wildman–Crippen MR) is 110 cm³/mol. The number of nitrogens with zero attached hydrogens (tertiary/aromatic N) is 3. The molecule has 0 fully saturated rings. The van der Waals surface area contributed by atoms with Crippen LogP contribution in [0.1, 0.15) is 40.6 Å². The Bertz CT molecular complexity index is 1100. The number of rotatable bonds is 4. The Labute approximate surface area is 161 Å². The standard InChI is InChI=1S/C21H20N4OS/c1-13(2)15-6-8-16(9-7-15)25-23-18-11-14(3)17(12-19(18)24-25)22-21(26)20-5-4-10-27-20/h4-13H,1-3H3,(H,22,26). The number of carbonyl (C=O) groups excluding carboxylic acids is 1. The second-order valence-corrected chi connectivity index (χ2v) is 7.77. The van der Waals surface area contributed by atoms with Crippen molar-refractivity contribution >= 4 is 34.0 Å². The van der Waals surface area contributed by atoms with Crippen LogP contribution < -0.4 is 5.32 Å². The van der Waals surface area contributed by atoms with Crippen molar-refractivity contribution in [1.82, 2.24) is 15.0 Å². The molecule has 0 aliphatic rings. The molecule has 2 heterocycles. The normalized spacial score (nSPS) is 11.3. The van der Waals surface area contributed by atoms with Gasteiger partial charge in [-0.25, -0.2) is 0 Å². The van der Waals surface area contributed by atoms with Gasteiger partial charge in [-0.05, 0) is 59.7 Å². The van der Waals surface area contributed by atoms with Gasteiger partial charge in [-0.15, -0.1) is 21.5 Å². The molecule has 0 unspecified atom stereocenters. The first-order chi connectivity index (χ1) is 13.0. The van der Waals surface area contributed by atoms with E-state index in [0.29, 0.717) is 10.8 Å². The molecule has 1 amide bonds. The van der Waals surface area contributed by atoms with Gasteiger partial charge < -0.3 is 5.32 Å². The van der Waals surface area contributed by atoms with E-state index in [1.165, 1.54) is 16.9 Å². The third-order valence-corrected chi connectivity index (χ3v) is 5.38. The Hall–Kier alpha value is -2.99. The molecule has 2 aromatic carbocycles. The molecule has 1 N–H and O–H groups in total. The quantitative estimate of drug-likeness (QED) is 0.535. The molecule has 4 aromatic rings. The molecular weight excluding hydrogens is 356 g/mol. The van der Waals surface area contributed by atoms with Crippen molar-refractivity contribution in [2.45, 2.75) is 26.7 Å². The summed E-state index contributed by atoms with van der Waals surface area (Å²) in [5.74, 6) is 0.380. The number of amides is 1. The molecule has 0 saturated heterocycles. The van der Waals surface area contributed by atoms with E-state index in [-0.39, 0.29) is 5.91 Å². The Morgan fingerprint density at radius 2 is 1.78 bits per heavy atom. The summed E-state index contributed by atoms with van der Waals surface area (Å²) in [6.07, 6.45) is 0. The largest absolute Gasteiger partial charge is 0.321 e. The molecule has 0 spiro atoms. The molecule has 0 aliphatic carbocycles. The molecule has 4 rings (SSSR count). The number of hydrogen-bond acceptors (Lipinski definition) is 4. The van der Waals surface area contributed by atoms with E-state index >= 15 is 0 Å². The van der Waals surface area contributed by atoms with Crippen LogP contribution in [0.15, 0.2) is 53.9 Å². The van der Waals surface area contributed by atoms with E-state index in [1.807, 2.05) is 48.7 Å². The lowest BCUT2D eigenvalue weighted by Gasteiger charge is -2.06. The number of carbonyl (C=O) groups is 1. The van der Waals surface area contributed by atoms with Crippen LogP contribution in [0.25, 0.3) is 16.7 Å². The molecule has 5 nitrogen and oxygen atoms in total. The first-order valence-electron chi connectivity index (χ1n) is 8.84. The van der Waals surface area contributed by atoms with Gasteiger partial charge in [0, 0.05) is 5.69 Å². The molecule has 2 aromatic heterocycles. The number of anilines is 1. The van der Waals surface area contributed by atoms with Crippen molar-refractivity contribution in [2.24, 2.45) is 0 Å². The highest BCUT2D eigenvalue weighted by Crippen LogP contribution is 2.24. The Kier molecular flexibility index (Phi) is 4.49. The van der Waals surface area contributed by atoms with Crippen molar-refractivity contribution in [3.05, 3.63) is 69.9 Å². The van der Waals surface area contributed by atoms with E-state index in [9.17, 15) is 4.79 Å². The van der Waals surface area contributed by atoms with E-state index in [4.69, 9.17) is 0 Å². The lowest BCUT2D eigenvalue weighted by molar-refractivity contribution is 0.103. The molecule has 0 radical (unpaired) electrons. The van der Waals surface area contributed by atoms with Gasteiger partial charge >= 0.3 is 0 Å². The van der Waals surface area contributed by atoms with Gasteiger partial charge in [-0.2, -0.15) is 4.80 Å². The maximum absolute atomic E-state index is 12.3. The zero-order valence-electron chi connectivity index (χ0n) is 15.4. The predicted octanol–water partition coefficient (Wildman–Crippen LogP) is 5.17. The Morgan fingerprint density at radius 3 is 2.41 bits per heavy atom. The topological polar surface area (TPSA) is 59.8 Å². The van der Waals surface area contributed by atoms with Gasteiger partial charge in [0.25, 0.3) is 5.91 Å². The van der Waals surface area contributed by atoms with Crippen molar-refractivity contribution < 1.29 is 4.79 Å². The lowest BCUT2D eigenvalue weighted by Crippen LogP contribution is -2.11. The van der Waals surface area contributed by atoms with Crippen LogP contribution in [0, 0.1) is 6.92 Å². The Morgan fingerprint density at radius 1 is 1.07 bits per heavy atom. The zero-order chi connectivity index (χ0) is 19.0. The zero-order valence-corrected chi connectivity index (χ0v) is 16.2. The molecule has 6 heteroatoms. The van der Waals surface area contributed by atoms with Crippen molar-refractivity contribution in [2.75, 3.05) is 5.32 Å². The summed E-state index contributed by atoms with van der Waals surface area (Å²) in [7, 11) is 0. The molecule has 0 aliphatic heterocycles. The van der Waals surface area contributed by atoms with Crippen LogP contribution >= 0.6 is 11.3 Å². The second-order valence-electron chi connectivity index (χ2n) is 6.82. The third kappa shape index (κ3) is 3.48. The van der Waals surface area contributed by atoms with E-state index in [0.717, 1.165) is 28.0 Å². The highest BCUT2D eigenvalue weighted by atomic mass is 32.1. The fourth-order valence-electron chi connectivity index (χ4n) is 2.90. The maximum atomic E-state index is 12.3. The second kappa shape index (κ2) is 6.96. The van der Waals surface area contributed by atoms with E-state index in [2.05, 4.69) is 41.5 Å². The monoisotopic (exact) mass is 376 g/mol. The third-order valence-electron chi connectivity index (χ3n) is 4.51. The molecule has 0 saturated carbocycles. The van der Waals surface area contributed by atoms with Gasteiger partial charge in [-0.3, -0.25) is 4.79 Å².